The van der Waals surface area contributed by atoms with Crippen molar-refractivity contribution in [2.75, 3.05) is 13.7 Å². The number of carbonyl (C=O) groups is 2. The normalized spacial score (nSPS) is 19.2. The Hall–Kier alpha value is -5.02. The molecule has 0 spiro atoms. The number of aromatic nitrogens is 4. The highest BCUT2D eigenvalue weighted by Gasteiger charge is 2.38. The molecule has 2 fully saturated rings. The summed E-state index contributed by atoms with van der Waals surface area (Å²) in [6.45, 7) is 7.27. The largest absolute Gasteiger partial charge is 0.481 e. The van der Waals surface area contributed by atoms with Crippen molar-refractivity contribution in [2.45, 2.75) is 89.8 Å². The van der Waals surface area contributed by atoms with Crippen molar-refractivity contribution in [3.05, 3.63) is 92.3 Å². The molecule has 2 amide bonds. The van der Waals surface area contributed by atoms with Crippen molar-refractivity contribution in [2.24, 2.45) is 7.05 Å². The first-order chi connectivity index (χ1) is 27.4. The molecule has 13 nitrogen and oxygen atoms in total. The van der Waals surface area contributed by atoms with E-state index >= 15 is 4.39 Å². The van der Waals surface area contributed by atoms with Crippen LogP contribution >= 0.6 is 23.2 Å². The second-order valence-corrected chi connectivity index (χ2v) is 17.1. The predicted molar refractivity (Wildman–Crippen MR) is 219 cm³/mol. The first-order valence-electron chi connectivity index (χ1n) is 19.0. The van der Waals surface area contributed by atoms with E-state index in [0.29, 0.717) is 76.4 Å². The fourth-order valence-corrected chi connectivity index (χ4v) is 8.19. The van der Waals surface area contributed by atoms with Gasteiger partial charge in [0.15, 0.2) is 0 Å². The average Bonchev–Trinajstić information content (AvgIpc) is 3.77. The molecule has 7 rings (SSSR count). The van der Waals surface area contributed by atoms with Crippen LogP contribution in [0.1, 0.15) is 64.8 Å². The number of pyridine rings is 1. The number of methoxy groups -OCH3 is 1. The van der Waals surface area contributed by atoms with Gasteiger partial charge in [0.2, 0.25) is 11.8 Å². The van der Waals surface area contributed by atoms with Crippen LogP contribution < -0.4 is 20.9 Å². The third-order valence-electron chi connectivity index (χ3n) is 10.5. The topological polar surface area (TPSA) is 152 Å². The first-order valence-corrected chi connectivity index (χ1v) is 19.8. The minimum atomic E-state index is -0.808. The van der Waals surface area contributed by atoms with E-state index in [-0.39, 0.29) is 58.8 Å². The summed E-state index contributed by atoms with van der Waals surface area (Å²) in [5, 5.41) is 21.7. The maximum absolute atomic E-state index is 16.2. The number of aliphatic hydroxyl groups is 1. The molecule has 306 valence electrons. The Bertz CT molecular complexity index is 2470. The van der Waals surface area contributed by atoms with Crippen molar-refractivity contribution < 1.29 is 28.6 Å². The number of benzene rings is 2. The van der Waals surface area contributed by atoms with Crippen molar-refractivity contribution in [1.82, 2.24) is 34.7 Å². The monoisotopic (exact) mass is 833 g/mol. The summed E-state index contributed by atoms with van der Waals surface area (Å²) in [4.78, 5) is 44.6. The lowest BCUT2D eigenvalue weighted by Crippen LogP contribution is -2.51. The van der Waals surface area contributed by atoms with Gasteiger partial charge >= 0.3 is 6.09 Å². The lowest BCUT2D eigenvalue weighted by Gasteiger charge is -2.41. The molecular weight excluding hydrogens is 788 g/mol. The Morgan fingerprint density at radius 2 is 1.74 bits per heavy atom. The minimum absolute atomic E-state index is 0.0322. The van der Waals surface area contributed by atoms with Gasteiger partial charge in [-0.1, -0.05) is 59.6 Å². The lowest BCUT2D eigenvalue weighted by atomic mass is 9.77. The van der Waals surface area contributed by atoms with Gasteiger partial charge < -0.3 is 30.1 Å². The summed E-state index contributed by atoms with van der Waals surface area (Å²) in [7, 11) is 3.05. The molecule has 3 aromatic heterocycles. The minimum Gasteiger partial charge on any atom is -0.481 e. The number of halogens is 3. The summed E-state index contributed by atoms with van der Waals surface area (Å²) >= 11 is 14.2. The molecule has 2 aromatic carbocycles. The zero-order chi connectivity index (χ0) is 41.7. The maximum Gasteiger partial charge on any atom is 0.410 e. The van der Waals surface area contributed by atoms with E-state index in [0.717, 1.165) is 0 Å². The van der Waals surface area contributed by atoms with Gasteiger partial charge in [-0.25, -0.2) is 18.7 Å². The lowest BCUT2D eigenvalue weighted by molar-refractivity contribution is -0.119. The number of fused-ring (bicyclic) bond motifs is 1. The highest BCUT2D eigenvalue weighted by molar-refractivity contribution is 6.39. The van der Waals surface area contributed by atoms with Crippen LogP contribution in [-0.4, -0.2) is 78.1 Å². The predicted octanol–water partition coefficient (Wildman–Crippen LogP) is 6.90. The Labute approximate surface area is 345 Å². The molecule has 3 N–H and O–H groups in total. The van der Waals surface area contributed by atoms with Gasteiger partial charge in [0, 0.05) is 72.2 Å². The van der Waals surface area contributed by atoms with Crippen LogP contribution in [0.3, 0.4) is 0 Å². The molecule has 0 radical (unpaired) electrons. The molecular formula is C42H46Cl2FN7O6. The van der Waals surface area contributed by atoms with Gasteiger partial charge in [-0.3, -0.25) is 14.2 Å². The molecule has 1 atom stereocenters. The second-order valence-electron chi connectivity index (χ2n) is 16.3. The van der Waals surface area contributed by atoms with Gasteiger partial charge in [0.1, 0.15) is 22.8 Å². The van der Waals surface area contributed by atoms with Gasteiger partial charge in [-0.2, -0.15) is 5.10 Å². The fraction of sp³-hybridized carbons (Fsp3) is 0.405. The molecule has 5 aromatic rings. The number of hydrogen-bond acceptors (Lipinski definition) is 9. The Morgan fingerprint density at radius 3 is 2.36 bits per heavy atom. The SMILES string of the molecule is COc1nc(-c2cccc(-c3cccc(-c4cc5c(=O)n(C)c(CNC6CC(C)(O)C6)nn5c4)c3Cl)c2Cl)cc(F)c1CN(C[C@@H]1CCC(=O)N1)C(=O)OC(C)(C)C. The van der Waals surface area contributed by atoms with Crippen LogP contribution in [0, 0.1) is 5.82 Å². The number of rotatable bonds is 11. The van der Waals surface area contributed by atoms with Crippen molar-refractivity contribution in [1.29, 1.82) is 0 Å². The molecule has 58 heavy (non-hydrogen) atoms. The van der Waals surface area contributed by atoms with E-state index in [1.165, 1.54) is 22.6 Å². The van der Waals surface area contributed by atoms with Crippen molar-refractivity contribution >= 4 is 40.7 Å². The maximum atomic E-state index is 16.2. The van der Waals surface area contributed by atoms with Gasteiger partial charge in [-0.15, -0.1) is 0 Å². The van der Waals surface area contributed by atoms with Gasteiger partial charge in [0.05, 0.1) is 47.1 Å². The highest BCUT2D eigenvalue weighted by atomic mass is 35.5. The Morgan fingerprint density at radius 1 is 1.09 bits per heavy atom. The third kappa shape index (κ3) is 8.56. The molecule has 2 aliphatic rings. The molecule has 1 saturated heterocycles. The van der Waals surface area contributed by atoms with Crippen molar-refractivity contribution in [3.63, 3.8) is 0 Å². The molecule has 1 aliphatic carbocycles. The number of hydrogen-bond donors (Lipinski definition) is 3. The van der Waals surface area contributed by atoms with E-state index in [2.05, 4.69) is 15.6 Å². The summed E-state index contributed by atoms with van der Waals surface area (Å²) in [6.07, 6.45) is 3.22. The standard InChI is InChI=1S/C42H46Cl2FN7O6/c1-41(2,3)58-40(55)51(21-24-13-14-35(53)47-24)22-30-31(45)16-32(48-38(30)57-6)29-12-8-11-28(37(29)44)27-10-7-9-26(36(27)43)23-15-33-39(54)50(5)34(49-52(33)20-23)19-46-25-17-42(4,56)18-25/h7-12,15-16,20,24-25,46,56H,13-14,17-19,21-22H2,1-6H3,(H,47,53)/t24-,25?,42?/m0/s1. The number of amides is 2. The van der Waals surface area contributed by atoms with Crippen LogP contribution in [-0.2, 0) is 29.7 Å². The van der Waals surface area contributed by atoms with E-state index in [4.69, 9.17) is 37.8 Å². The fourth-order valence-electron chi connectivity index (χ4n) is 7.53. The van der Waals surface area contributed by atoms with Gasteiger partial charge in [0.25, 0.3) is 5.56 Å². The van der Waals surface area contributed by atoms with E-state index in [1.54, 1.807) is 69.7 Å². The van der Waals surface area contributed by atoms with Crippen LogP contribution in [0.4, 0.5) is 9.18 Å². The quantitative estimate of drug-likeness (QED) is 0.129. The molecule has 1 saturated carbocycles. The first kappa shape index (κ1) is 41.2. The van der Waals surface area contributed by atoms with E-state index < -0.39 is 23.1 Å². The molecule has 1 aliphatic heterocycles. The van der Waals surface area contributed by atoms with E-state index in [9.17, 15) is 19.5 Å². The summed E-state index contributed by atoms with van der Waals surface area (Å²) in [5.74, 6) is -0.290. The summed E-state index contributed by atoms with van der Waals surface area (Å²) in [5.41, 5.74) is 1.79. The molecule has 4 heterocycles. The van der Waals surface area contributed by atoms with Crippen LogP contribution in [0.25, 0.3) is 39.0 Å². The van der Waals surface area contributed by atoms with E-state index in [1.807, 2.05) is 18.2 Å². The Balaban J connectivity index is 1.18. The summed E-state index contributed by atoms with van der Waals surface area (Å²) in [6, 6.07) is 13.6. The molecule has 0 bridgehead atoms. The third-order valence-corrected chi connectivity index (χ3v) is 11.3. The van der Waals surface area contributed by atoms with Crippen LogP contribution in [0.5, 0.6) is 5.88 Å². The zero-order valence-corrected chi connectivity index (χ0v) is 34.7. The molecule has 16 heteroatoms. The van der Waals surface area contributed by atoms with Crippen molar-refractivity contribution in [3.8, 4) is 39.4 Å². The molecule has 0 unspecified atom stereocenters. The Kier molecular flexibility index (Phi) is 11.3. The van der Waals surface area contributed by atoms with Crippen LogP contribution in [0.2, 0.25) is 10.0 Å². The van der Waals surface area contributed by atoms with Gasteiger partial charge in [-0.05, 0) is 53.0 Å². The summed E-state index contributed by atoms with van der Waals surface area (Å²) < 4.78 is 30.5. The van der Waals surface area contributed by atoms with Crippen LogP contribution in [0.15, 0.2) is 59.5 Å². The number of ether oxygens (including phenoxy) is 2. The zero-order valence-electron chi connectivity index (χ0n) is 33.2. The number of nitrogens with one attached hydrogen (secondary N) is 2. The smallest absolute Gasteiger partial charge is 0.410 e. The second kappa shape index (κ2) is 16.0. The highest BCUT2D eigenvalue weighted by Crippen LogP contribution is 2.43. The number of carbonyl (C=O) groups excluding carboxylic acids is 2. The average molecular weight is 835 g/mol. The number of nitrogens with zero attached hydrogens (tertiary/aromatic N) is 5.